The van der Waals surface area contributed by atoms with Crippen LogP contribution in [0.4, 0.5) is 5.95 Å². The highest BCUT2D eigenvalue weighted by molar-refractivity contribution is 9.10. The van der Waals surface area contributed by atoms with E-state index in [1.54, 1.807) is 4.68 Å². The van der Waals surface area contributed by atoms with Crippen LogP contribution in [0.5, 0.6) is 0 Å². The zero-order valence-corrected chi connectivity index (χ0v) is 15.6. The fraction of sp³-hybridized carbons (Fsp3) is 0.105. The minimum Gasteiger partial charge on any atom is -0.366 e. The highest BCUT2D eigenvalue weighted by Gasteiger charge is 2.33. The van der Waals surface area contributed by atoms with E-state index in [0.29, 0.717) is 23.0 Å². The van der Waals surface area contributed by atoms with Gasteiger partial charge in [0.25, 0.3) is 0 Å². The maximum Gasteiger partial charge on any atom is 0.248 e. The Morgan fingerprint density at radius 2 is 1.96 bits per heavy atom. The monoisotopic (exact) mass is 409 g/mol. The van der Waals surface area contributed by atoms with Crippen LogP contribution in [0.3, 0.4) is 0 Å². The smallest absolute Gasteiger partial charge is 0.248 e. The quantitative estimate of drug-likeness (QED) is 0.692. The number of nitrogens with two attached hydrogens (primary N) is 1. The molecule has 130 valence electrons. The lowest BCUT2D eigenvalue weighted by atomic mass is 9.95. The molecule has 4 rings (SSSR count). The van der Waals surface area contributed by atoms with Crippen molar-refractivity contribution in [2.24, 2.45) is 5.73 Å². The second-order valence-electron chi connectivity index (χ2n) is 6.06. The number of benzene rings is 2. The molecule has 0 radical (unpaired) electrons. The summed E-state index contributed by atoms with van der Waals surface area (Å²) in [7, 11) is 0. The second kappa shape index (κ2) is 6.42. The lowest BCUT2D eigenvalue weighted by molar-refractivity contribution is -0.115. The maximum atomic E-state index is 12.2. The highest BCUT2D eigenvalue weighted by Crippen LogP contribution is 2.36. The molecule has 6 nitrogen and oxygen atoms in total. The number of anilines is 1. The van der Waals surface area contributed by atoms with E-state index in [1.165, 1.54) is 0 Å². The van der Waals surface area contributed by atoms with Crippen LogP contribution in [0.15, 0.2) is 70.3 Å². The number of primary amides is 1. The molecule has 1 atom stereocenters. The maximum absolute atomic E-state index is 12.2. The van der Waals surface area contributed by atoms with Crippen LogP contribution >= 0.6 is 15.9 Å². The molecule has 1 aliphatic heterocycles. The van der Waals surface area contributed by atoms with Crippen molar-refractivity contribution in [1.29, 1.82) is 0 Å². The van der Waals surface area contributed by atoms with Gasteiger partial charge in [-0.05, 0) is 24.6 Å². The topological polar surface area (TPSA) is 85.8 Å². The van der Waals surface area contributed by atoms with Gasteiger partial charge in [-0.2, -0.15) is 4.98 Å². The summed E-state index contributed by atoms with van der Waals surface area (Å²) < 4.78 is 2.64. The number of fused-ring (bicyclic) bond motifs is 1. The van der Waals surface area contributed by atoms with E-state index in [0.717, 1.165) is 15.6 Å². The predicted molar refractivity (Wildman–Crippen MR) is 103 cm³/mol. The van der Waals surface area contributed by atoms with Crippen molar-refractivity contribution in [1.82, 2.24) is 14.8 Å². The number of nitrogens with zero attached hydrogens (tertiary/aromatic N) is 3. The fourth-order valence-electron chi connectivity index (χ4n) is 3.16. The minimum absolute atomic E-state index is 0.439. The Morgan fingerprint density at radius 1 is 1.19 bits per heavy atom. The molecule has 1 amide bonds. The number of halogens is 1. The molecular formula is C19H16BrN5O. The van der Waals surface area contributed by atoms with E-state index >= 15 is 0 Å². The first-order valence-corrected chi connectivity index (χ1v) is 8.89. The lowest BCUT2D eigenvalue weighted by Gasteiger charge is -2.27. The van der Waals surface area contributed by atoms with Crippen molar-refractivity contribution in [2.75, 3.05) is 5.32 Å². The van der Waals surface area contributed by atoms with Gasteiger partial charge < -0.3 is 11.1 Å². The van der Waals surface area contributed by atoms with Gasteiger partial charge in [-0.1, -0.05) is 58.4 Å². The highest BCUT2D eigenvalue weighted by atomic mass is 79.9. The average molecular weight is 410 g/mol. The van der Waals surface area contributed by atoms with Crippen LogP contribution < -0.4 is 11.1 Å². The van der Waals surface area contributed by atoms with Crippen LogP contribution in [0, 0.1) is 0 Å². The summed E-state index contributed by atoms with van der Waals surface area (Å²) in [5.41, 5.74) is 8.65. The number of aromatic nitrogens is 3. The first kappa shape index (κ1) is 16.5. The number of hydrogen-bond acceptors (Lipinski definition) is 4. The van der Waals surface area contributed by atoms with E-state index in [-0.39, 0.29) is 0 Å². The van der Waals surface area contributed by atoms with Crippen LogP contribution in [0.2, 0.25) is 0 Å². The molecule has 26 heavy (non-hydrogen) atoms. The molecule has 3 aromatic rings. The first-order chi connectivity index (χ1) is 12.5. The summed E-state index contributed by atoms with van der Waals surface area (Å²) in [6.45, 7) is 1.82. The van der Waals surface area contributed by atoms with E-state index in [9.17, 15) is 4.79 Å². The summed E-state index contributed by atoms with van der Waals surface area (Å²) in [5.74, 6) is 0.685. The summed E-state index contributed by atoms with van der Waals surface area (Å²) in [6.07, 6.45) is 0. The molecule has 1 aromatic heterocycles. The van der Waals surface area contributed by atoms with Crippen molar-refractivity contribution >= 4 is 27.8 Å². The van der Waals surface area contributed by atoms with Gasteiger partial charge in [0.1, 0.15) is 6.04 Å². The van der Waals surface area contributed by atoms with Crippen molar-refractivity contribution in [2.45, 2.75) is 13.0 Å². The summed E-state index contributed by atoms with van der Waals surface area (Å²) >= 11 is 3.49. The molecular weight excluding hydrogens is 394 g/mol. The first-order valence-electron chi connectivity index (χ1n) is 8.09. The molecule has 1 aliphatic rings. The van der Waals surface area contributed by atoms with Gasteiger partial charge in [-0.3, -0.25) is 4.79 Å². The Kier molecular flexibility index (Phi) is 4.08. The van der Waals surface area contributed by atoms with Gasteiger partial charge in [0.15, 0.2) is 5.82 Å². The molecule has 2 aromatic carbocycles. The molecule has 0 unspecified atom stereocenters. The largest absolute Gasteiger partial charge is 0.366 e. The zero-order valence-electron chi connectivity index (χ0n) is 14.0. The number of carbonyl (C=O) groups is 1. The molecule has 0 spiro atoms. The number of amides is 1. The number of allylic oxidation sites excluding steroid dienone is 1. The molecule has 0 fully saturated rings. The Morgan fingerprint density at radius 3 is 2.65 bits per heavy atom. The van der Waals surface area contributed by atoms with E-state index in [1.807, 2.05) is 61.5 Å². The van der Waals surface area contributed by atoms with E-state index < -0.39 is 11.9 Å². The summed E-state index contributed by atoms with van der Waals surface area (Å²) in [6, 6.07) is 17.0. The lowest BCUT2D eigenvalue weighted by Crippen LogP contribution is -2.31. The number of carbonyl (C=O) groups excluding carboxylic acids is 1. The standard InChI is InChI=1S/C19H16BrN5O/c1-11-15(17(21)26)16(13-8-5-9-14(20)10-13)25-19(22-11)23-18(24-25)12-6-3-2-4-7-12/h2-10,16H,1H3,(H2,21,26)(H,22,23,24)/t16-/m1/s1. The molecule has 7 heteroatoms. The van der Waals surface area contributed by atoms with E-state index in [2.05, 4.69) is 31.3 Å². The third-order valence-corrected chi connectivity index (χ3v) is 4.81. The minimum atomic E-state index is -0.484. The van der Waals surface area contributed by atoms with E-state index in [4.69, 9.17) is 5.73 Å². The van der Waals surface area contributed by atoms with Gasteiger partial charge in [0, 0.05) is 15.7 Å². The van der Waals surface area contributed by atoms with Crippen molar-refractivity contribution in [3.05, 3.63) is 75.9 Å². The van der Waals surface area contributed by atoms with Crippen LogP contribution in [0.1, 0.15) is 18.5 Å². The van der Waals surface area contributed by atoms with Gasteiger partial charge in [0.05, 0.1) is 5.57 Å². The third-order valence-electron chi connectivity index (χ3n) is 4.31. The Hall–Kier alpha value is -2.93. The Balaban J connectivity index is 1.90. The van der Waals surface area contributed by atoms with Crippen LogP contribution in [0.25, 0.3) is 11.4 Å². The summed E-state index contributed by atoms with van der Waals surface area (Å²) in [5, 5.41) is 7.81. The molecule has 2 heterocycles. The van der Waals surface area contributed by atoms with Gasteiger partial charge in [-0.15, -0.1) is 5.10 Å². The number of hydrogen-bond donors (Lipinski definition) is 2. The van der Waals surface area contributed by atoms with Crippen molar-refractivity contribution in [3.63, 3.8) is 0 Å². The van der Waals surface area contributed by atoms with Crippen molar-refractivity contribution < 1.29 is 4.79 Å². The summed E-state index contributed by atoms with van der Waals surface area (Å²) in [4.78, 5) is 16.8. The number of rotatable bonds is 3. The van der Waals surface area contributed by atoms with Gasteiger partial charge in [0.2, 0.25) is 11.9 Å². The Labute approximate surface area is 158 Å². The molecule has 0 saturated heterocycles. The Bertz CT molecular complexity index is 1030. The normalized spacial score (nSPS) is 16.2. The van der Waals surface area contributed by atoms with Crippen LogP contribution in [-0.4, -0.2) is 20.7 Å². The SMILES string of the molecule is CC1=C(C(N)=O)[C@@H](c2cccc(Br)c2)n2nc(-c3ccccc3)nc2N1. The molecule has 0 bridgehead atoms. The zero-order chi connectivity index (χ0) is 18.3. The molecule has 0 aliphatic carbocycles. The second-order valence-corrected chi connectivity index (χ2v) is 6.97. The number of nitrogens with one attached hydrogen (secondary N) is 1. The van der Waals surface area contributed by atoms with Crippen LogP contribution in [-0.2, 0) is 4.79 Å². The molecule has 0 saturated carbocycles. The predicted octanol–water partition coefficient (Wildman–Crippen LogP) is 3.48. The van der Waals surface area contributed by atoms with Crippen molar-refractivity contribution in [3.8, 4) is 11.4 Å². The third kappa shape index (κ3) is 2.80. The van der Waals surface area contributed by atoms with Gasteiger partial charge >= 0.3 is 0 Å². The van der Waals surface area contributed by atoms with Gasteiger partial charge in [-0.25, -0.2) is 4.68 Å². The molecule has 3 N–H and O–H groups in total. The fourth-order valence-corrected chi connectivity index (χ4v) is 3.58. The average Bonchev–Trinajstić information content (AvgIpc) is 3.04.